The predicted molar refractivity (Wildman–Crippen MR) is 58.4 cm³/mol. The van der Waals surface area contributed by atoms with Crippen LogP contribution in [0.3, 0.4) is 0 Å². The molecule has 0 saturated carbocycles. The van der Waals surface area contributed by atoms with E-state index in [1.807, 2.05) is 0 Å². The third-order valence-corrected chi connectivity index (χ3v) is 2.21. The molecule has 17 heavy (non-hydrogen) atoms. The van der Waals surface area contributed by atoms with Crippen molar-refractivity contribution in [3.8, 4) is 0 Å². The van der Waals surface area contributed by atoms with Crippen molar-refractivity contribution >= 4 is 11.6 Å². The summed E-state index contributed by atoms with van der Waals surface area (Å²) in [5.74, 6) is 0.932. The zero-order chi connectivity index (χ0) is 12.3. The van der Waals surface area contributed by atoms with Crippen LogP contribution in [0.5, 0.6) is 0 Å². The normalized spacial score (nSPS) is 10.4. The minimum atomic E-state index is -0.517. The van der Waals surface area contributed by atoms with E-state index in [-0.39, 0.29) is 5.82 Å². The van der Waals surface area contributed by atoms with Crippen LogP contribution in [-0.2, 0) is 13.5 Å². The van der Waals surface area contributed by atoms with Crippen LogP contribution in [0.4, 0.5) is 11.6 Å². The molecule has 2 rings (SSSR count). The molecule has 2 heterocycles. The molecule has 9 nitrogen and oxygen atoms in total. The summed E-state index contributed by atoms with van der Waals surface area (Å²) in [6.45, 7) is 0.509. The summed E-state index contributed by atoms with van der Waals surface area (Å²) in [5, 5.41) is 20.1. The van der Waals surface area contributed by atoms with Crippen molar-refractivity contribution in [1.29, 1.82) is 0 Å². The Morgan fingerprint density at radius 2 is 2.41 bits per heavy atom. The predicted octanol–water partition coefficient (Wildman–Crippen LogP) is 0.101. The summed E-state index contributed by atoms with van der Waals surface area (Å²) >= 11 is 0. The Bertz CT molecular complexity index is 504. The summed E-state index contributed by atoms with van der Waals surface area (Å²) in [4.78, 5) is 17.8. The first-order valence-electron chi connectivity index (χ1n) is 4.92. The SMILES string of the molecule is Cn1cnc([N+](=O)[O-])c1NCCc1ncn[nH]1. The van der Waals surface area contributed by atoms with Crippen LogP contribution < -0.4 is 5.32 Å². The molecule has 0 saturated heterocycles. The summed E-state index contributed by atoms with van der Waals surface area (Å²) in [5.41, 5.74) is 0. The Morgan fingerprint density at radius 3 is 3.06 bits per heavy atom. The maximum Gasteiger partial charge on any atom is 0.406 e. The van der Waals surface area contributed by atoms with Gasteiger partial charge in [0.25, 0.3) is 0 Å². The molecule has 0 aromatic carbocycles. The molecule has 0 unspecified atom stereocenters. The van der Waals surface area contributed by atoms with E-state index in [1.54, 1.807) is 11.6 Å². The second-order valence-electron chi connectivity index (χ2n) is 3.39. The van der Waals surface area contributed by atoms with Crippen LogP contribution in [0.15, 0.2) is 12.7 Å². The molecule has 0 fully saturated rings. The molecule has 9 heteroatoms. The Morgan fingerprint density at radius 1 is 1.59 bits per heavy atom. The smallest absolute Gasteiger partial charge is 0.364 e. The van der Waals surface area contributed by atoms with E-state index in [9.17, 15) is 10.1 Å². The molecular formula is C8H11N7O2. The lowest BCUT2D eigenvalue weighted by Crippen LogP contribution is -2.10. The topological polar surface area (TPSA) is 115 Å². The van der Waals surface area contributed by atoms with E-state index in [2.05, 4.69) is 25.5 Å². The van der Waals surface area contributed by atoms with Crippen molar-refractivity contribution in [2.24, 2.45) is 7.05 Å². The lowest BCUT2D eigenvalue weighted by atomic mass is 10.4. The van der Waals surface area contributed by atoms with Crippen LogP contribution in [0, 0.1) is 10.1 Å². The highest BCUT2D eigenvalue weighted by Gasteiger charge is 2.19. The fraction of sp³-hybridized carbons (Fsp3) is 0.375. The standard InChI is InChI=1S/C8H11N7O2/c1-14-5-11-8(15(16)17)7(14)9-3-2-6-10-4-12-13-6/h4-5,9H,2-3H2,1H3,(H,10,12,13). The van der Waals surface area contributed by atoms with E-state index in [0.29, 0.717) is 18.8 Å². The number of hydrogen-bond donors (Lipinski definition) is 2. The van der Waals surface area contributed by atoms with Gasteiger partial charge in [-0.05, 0) is 9.91 Å². The molecular weight excluding hydrogens is 226 g/mol. The third-order valence-electron chi connectivity index (χ3n) is 2.21. The van der Waals surface area contributed by atoms with Gasteiger partial charge in [0.15, 0.2) is 0 Å². The molecule has 0 spiro atoms. The molecule has 2 aromatic rings. The minimum Gasteiger partial charge on any atom is -0.364 e. The van der Waals surface area contributed by atoms with Crippen molar-refractivity contribution in [2.75, 3.05) is 11.9 Å². The van der Waals surface area contributed by atoms with Gasteiger partial charge in [0.2, 0.25) is 12.1 Å². The van der Waals surface area contributed by atoms with Crippen molar-refractivity contribution < 1.29 is 4.92 Å². The first-order valence-corrected chi connectivity index (χ1v) is 4.92. The zero-order valence-corrected chi connectivity index (χ0v) is 9.12. The molecule has 90 valence electrons. The van der Waals surface area contributed by atoms with Gasteiger partial charge in [-0.3, -0.25) is 9.67 Å². The largest absolute Gasteiger partial charge is 0.406 e. The maximum absolute atomic E-state index is 10.7. The van der Waals surface area contributed by atoms with Crippen molar-refractivity contribution in [3.05, 3.63) is 28.6 Å². The van der Waals surface area contributed by atoms with E-state index in [0.717, 1.165) is 5.82 Å². The molecule has 0 radical (unpaired) electrons. The number of nitrogens with zero attached hydrogens (tertiary/aromatic N) is 5. The second-order valence-corrected chi connectivity index (χ2v) is 3.39. The van der Waals surface area contributed by atoms with Gasteiger partial charge in [-0.1, -0.05) is 0 Å². The lowest BCUT2D eigenvalue weighted by Gasteiger charge is -2.04. The van der Waals surface area contributed by atoms with Gasteiger partial charge in [0.1, 0.15) is 12.2 Å². The highest BCUT2D eigenvalue weighted by atomic mass is 16.6. The van der Waals surface area contributed by atoms with Crippen LogP contribution in [0.25, 0.3) is 0 Å². The quantitative estimate of drug-likeness (QED) is 0.563. The summed E-state index contributed by atoms with van der Waals surface area (Å²) in [6.07, 6.45) is 3.42. The number of nitro groups is 1. The van der Waals surface area contributed by atoms with Crippen molar-refractivity contribution in [2.45, 2.75) is 6.42 Å². The number of imidazole rings is 1. The number of aryl methyl sites for hydroxylation is 1. The molecule has 2 aromatic heterocycles. The number of nitrogens with one attached hydrogen (secondary N) is 2. The maximum atomic E-state index is 10.7. The number of rotatable bonds is 5. The Kier molecular flexibility index (Phi) is 2.99. The number of aromatic amines is 1. The first-order chi connectivity index (χ1) is 8.18. The average molecular weight is 237 g/mol. The fourth-order valence-corrected chi connectivity index (χ4v) is 1.41. The molecule has 0 bridgehead atoms. The van der Waals surface area contributed by atoms with E-state index < -0.39 is 4.92 Å². The highest BCUT2D eigenvalue weighted by molar-refractivity contribution is 5.51. The summed E-state index contributed by atoms with van der Waals surface area (Å²) in [7, 11) is 1.69. The lowest BCUT2D eigenvalue weighted by molar-refractivity contribution is -0.388. The fourth-order valence-electron chi connectivity index (χ4n) is 1.41. The second kappa shape index (κ2) is 4.60. The third kappa shape index (κ3) is 2.38. The molecule has 0 aliphatic heterocycles. The van der Waals surface area contributed by atoms with E-state index in [4.69, 9.17) is 0 Å². The van der Waals surface area contributed by atoms with Crippen LogP contribution in [0.1, 0.15) is 5.82 Å². The zero-order valence-electron chi connectivity index (χ0n) is 9.12. The van der Waals surface area contributed by atoms with Crippen LogP contribution in [-0.4, -0.2) is 36.2 Å². The van der Waals surface area contributed by atoms with Crippen molar-refractivity contribution in [3.63, 3.8) is 0 Å². The van der Waals surface area contributed by atoms with Gasteiger partial charge in [-0.15, -0.1) is 0 Å². The molecule has 0 amide bonds. The van der Waals surface area contributed by atoms with Gasteiger partial charge in [-0.25, -0.2) is 4.98 Å². The van der Waals surface area contributed by atoms with Crippen LogP contribution >= 0.6 is 0 Å². The van der Waals surface area contributed by atoms with Crippen molar-refractivity contribution in [1.82, 2.24) is 24.7 Å². The average Bonchev–Trinajstić information content (AvgIpc) is 2.89. The highest BCUT2D eigenvalue weighted by Crippen LogP contribution is 2.20. The van der Waals surface area contributed by atoms with E-state index in [1.165, 1.54) is 12.7 Å². The van der Waals surface area contributed by atoms with Gasteiger partial charge >= 0.3 is 5.82 Å². The summed E-state index contributed by atoms with van der Waals surface area (Å²) in [6, 6.07) is 0. The number of anilines is 1. The molecule has 2 N–H and O–H groups in total. The number of hydrogen-bond acceptors (Lipinski definition) is 6. The van der Waals surface area contributed by atoms with Gasteiger partial charge < -0.3 is 15.4 Å². The molecule has 0 atom stereocenters. The van der Waals surface area contributed by atoms with E-state index >= 15 is 0 Å². The minimum absolute atomic E-state index is 0.176. The molecule has 0 aliphatic rings. The number of H-pyrrole nitrogens is 1. The van der Waals surface area contributed by atoms with Crippen LogP contribution in [0.2, 0.25) is 0 Å². The summed E-state index contributed by atoms with van der Waals surface area (Å²) < 4.78 is 1.57. The number of aromatic nitrogens is 5. The molecule has 0 aliphatic carbocycles. The Labute approximate surface area is 96.0 Å². The monoisotopic (exact) mass is 237 g/mol. The Balaban J connectivity index is 1.99. The first kappa shape index (κ1) is 11.0. The van der Waals surface area contributed by atoms with Gasteiger partial charge in [0.05, 0.1) is 0 Å². The van der Waals surface area contributed by atoms with Gasteiger partial charge in [0, 0.05) is 20.0 Å². The Hall–Kier alpha value is -2.45. The van der Waals surface area contributed by atoms with Gasteiger partial charge in [-0.2, -0.15) is 5.10 Å².